The summed E-state index contributed by atoms with van der Waals surface area (Å²) in [7, 11) is 0. The van der Waals surface area contributed by atoms with E-state index in [4.69, 9.17) is 9.47 Å². The molecule has 0 radical (unpaired) electrons. The van der Waals surface area contributed by atoms with Crippen molar-refractivity contribution in [2.75, 3.05) is 33.0 Å². The molecule has 1 heterocycles. The third-order valence-electron chi connectivity index (χ3n) is 4.75. The quantitative estimate of drug-likeness (QED) is 0.650. The van der Waals surface area contributed by atoms with E-state index in [2.05, 4.69) is 5.32 Å². The Hall–Kier alpha value is -2.70. The normalized spacial score (nSPS) is 16.1. The number of carboxylic acids is 1. The topological polar surface area (TPSA) is 84.9 Å². The van der Waals surface area contributed by atoms with Gasteiger partial charge < -0.3 is 19.9 Å². The van der Waals surface area contributed by atoms with Crippen LogP contribution in [0.3, 0.4) is 0 Å². The van der Waals surface area contributed by atoms with Gasteiger partial charge in [0, 0.05) is 31.2 Å². The Bertz CT molecular complexity index is 814. The van der Waals surface area contributed by atoms with Gasteiger partial charge in [0.2, 0.25) is 0 Å². The SMILES string of the molecule is O=C(O)c1ccccc1-c1ccccc1C(=O)NCCCOCC1CCOC1. The van der Waals surface area contributed by atoms with E-state index in [1.165, 1.54) is 0 Å². The number of hydrogen-bond donors (Lipinski definition) is 2. The lowest BCUT2D eigenvalue weighted by Gasteiger charge is -2.13. The lowest BCUT2D eigenvalue weighted by Crippen LogP contribution is -2.26. The summed E-state index contributed by atoms with van der Waals surface area (Å²) in [6.45, 7) is 3.36. The number of nitrogens with one attached hydrogen (secondary N) is 1. The number of hydrogen-bond acceptors (Lipinski definition) is 4. The second-order valence-electron chi connectivity index (χ2n) is 6.81. The van der Waals surface area contributed by atoms with Crippen molar-refractivity contribution in [1.29, 1.82) is 0 Å². The standard InChI is InChI=1S/C22H25NO5/c24-21(23-11-5-12-27-14-16-10-13-28-15-16)19-8-3-1-6-17(19)18-7-2-4-9-20(18)22(25)26/h1-4,6-9,16H,5,10-15H2,(H,23,24)(H,25,26). The first-order valence-corrected chi connectivity index (χ1v) is 9.52. The molecule has 0 spiro atoms. The van der Waals surface area contributed by atoms with Crippen molar-refractivity contribution in [1.82, 2.24) is 5.32 Å². The Morgan fingerprint density at radius 2 is 1.75 bits per heavy atom. The van der Waals surface area contributed by atoms with Crippen molar-refractivity contribution >= 4 is 11.9 Å². The minimum Gasteiger partial charge on any atom is -0.478 e. The molecule has 1 atom stereocenters. The van der Waals surface area contributed by atoms with Crippen LogP contribution < -0.4 is 5.32 Å². The first kappa shape index (κ1) is 20.0. The van der Waals surface area contributed by atoms with E-state index >= 15 is 0 Å². The Balaban J connectivity index is 1.57. The summed E-state index contributed by atoms with van der Waals surface area (Å²) in [5, 5.41) is 12.3. The van der Waals surface area contributed by atoms with Gasteiger partial charge in [-0.15, -0.1) is 0 Å². The van der Waals surface area contributed by atoms with Gasteiger partial charge in [-0.3, -0.25) is 4.79 Å². The molecule has 0 bridgehead atoms. The van der Waals surface area contributed by atoms with Gasteiger partial charge in [-0.1, -0.05) is 36.4 Å². The highest BCUT2D eigenvalue weighted by Gasteiger charge is 2.17. The molecule has 1 aliphatic rings. The van der Waals surface area contributed by atoms with E-state index in [1.54, 1.807) is 48.5 Å². The van der Waals surface area contributed by atoms with Gasteiger partial charge in [-0.05, 0) is 36.1 Å². The summed E-state index contributed by atoms with van der Waals surface area (Å²) in [4.78, 5) is 24.2. The molecule has 2 aromatic carbocycles. The predicted molar refractivity (Wildman–Crippen MR) is 106 cm³/mol. The number of aromatic carboxylic acids is 1. The zero-order chi connectivity index (χ0) is 19.8. The fourth-order valence-electron chi connectivity index (χ4n) is 3.26. The fraction of sp³-hybridized carbons (Fsp3) is 0.364. The zero-order valence-electron chi connectivity index (χ0n) is 15.7. The maximum absolute atomic E-state index is 12.6. The number of rotatable bonds is 9. The smallest absolute Gasteiger partial charge is 0.336 e. The minimum atomic E-state index is -1.02. The highest BCUT2D eigenvalue weighted by atomic mass is 16.5. The molecule has 2 N–H and O–H groups in total. The maximum Gasteiger partial charge on any atom is 0.336 e. The Labute approximate surface area is 164 Å². The monoisotopic (exact) mass is 383 g/mol. The average molecular weight is 383 g/mol. The largest absolute Gasteiger partial charge is 0.478 e. The van der Waals surface area contributed by atoms with E-state index in [0.29, 0.717) is 48.8 Å². The van der Waals surface area contributed by atoms with E-state index in [0.717, 1.165) is 19.6 Å². The summed E-state index contributed by atoms with van der Waals surface area (Å²) in [6.07, 6.45) is 1.76. The number of ether oxygens (including phenoxy) is 2. The number of amides is 1. The lowest BCUT2D eigenvalue weighted by atomic mass is 9.95. The zero-order valence-corrected chi connectivity index (χ0v) is 15.7. The molecular formula is C22H25NO5. The van der Waals surface area contributed by atoms with Gasteiger partial charge in [0.15, 0.2) is 0 Å². The van der Waals surface area contributed by atoms with Crippen molar-refractivity contribution < 1.29 is 24.2 Å². The number of carboxylic acid groups (broad SMARTS) is 1. The molecule has 0 aromatic heterocycles. The minimum absolute atomic E-state index is 0.173. The highest BCUT2D eigenvalue weighted by Crippen LogP contribution is 2.27. The van der Waals surface area contributed by atoms with Gasteiger partial charge >= 0.3 is 5.97 Å². The van der Waals surface area contributed by atoms with Gasteiger partial charge in [-0.2, -0.15) is 0 Å². The van der Waals surface area contributed by atoms with Crippen LogP contribution in [-0.4, -0.2) is 50.0 Å². The van der Waals surface area contributed by atoms with Crippen LogP contribution >= 0.6 is 0 Å². The fourth-order valence-corrected chi connectivity index (χ4v) is 3.26. The summed E-state index contributed by atoms with van der Waals surface area (Å²) >= 11 is 0. The average Bonchev–Trinajstić information content (AvgIpc) is 3.24. The van der Waals surface area contributed by atoms with Crippen LogP contribution in [0.4, 0.5) is 0 Å². The van der Waals surface area contributed by atoms with E-state index in [-0.39, 0.29) is 11.5 Å². The van der Waals surface area contributed by atoms with Crippen molar-refractivity contribution in [2.45, 2.75) is 12.8 Å². The van der Waals surface area contributed by atoms with Crippen molar-refractivity contribution in [3.05, 3.63) is 59.7 Å². The van der Waals surface area contributed by atoms with Crippen molar-refractivity contribution in [3.63, 3.8) is 0 Å². The first-order valence-electron chi connectivity index (χ1n) is 9.52. The van der Waals surface area contributed by atoms with Gasteiger partial charge in [0.05, 0.1) is 18.8 Å². The Morgan fingerprint density at radius 3 is 2.43 bits per heavy atom. The summed E-state index contributed by atoms with van der Waals surface area (Å²) in [6, 6.07) is 13.7. The third-order valence-corrected chi connectivity index (χ3v) is 4.75. The molecule has 0 saturated carbocycles. The second kappa shape index (κ2) is 10.0. The highest BCUT2D eigenvalue weighted by molar-refractivity contribution is 6.04. The summed E-state index contributed by atoms with van der Waals surface area (Å²) < 4.78 is 11.0. The number of benzene rings is 2. The number of carbonyl (C=O) groups excluding carboxylic acids is 1. The molecular weight excluding hydrogens is 358 g/mol. The molecule has 148 valence electrons. The molecule has 1 unspecified atom stereocenters. The number of carbonyl (C=O) groups is 2. The van der Waals surface area contributed by atoms with Crippen molar-refractivity contribution in [2.24, 2.45) is 5.92 Å². The van der Waals surface area contributed by atoms with Gasteiger partial charge in [0.25, 0.3) is 5.91 Å². The molecule has 0 aliphatic carbocycles. The van der Waals surface area contributed by atoms with E-state index in [1.807, 2.05) is 0 Å². The molecule has 6 heteroatoms. The molecule has 1 aliphatic heterocycles. The van der Waals surface area contributed by atoms with Crippen LogP contribution in [-0.2, 0) is 9.47 Å². The van der Waals surface area contributed by atoms with Crippen LogP contribution in [0.5, 0.6) is 0 Å². The molecule has 3 rings (SSSR count). The van der Waals surface area contributed by atoms with Crippen LogP contribution in [0.15, 0.2) is 48.5 Å². The van der Waals surface area contributed by atoms with Gasteiger partial charge in [0.1, 0.15) is 0 Å². The third kappa shape index (κ3) is 5.18. The Morgan fingerprint density at radius 1 is 1.07 bits per heavy atom. The first-order chi connectivity index (χ1) is 13.7. The van der Waals surface area contributed by atoms with Crippen LogP contribution in [0, 0.1) is 5.92 Å². The van der Waals surface area contributed by atoms with E-state index < -0.39 is 5.97 Å². The lowest BCUT2D eigenvalue weighted by molar-refractivity contribution is 0.0697. The van der Waals surface area contributed by atoms with Crippen LogP contribution in [0.2, 0.25) is 0 Å². The van der Waals surface area contributed by atoms with Gasteiger partial charge in [-0.25, -0.2) is 4.79 Å². The van der Waals surface area contributed by atoms with Crippen molar-refractivity contribution in [3.8, 4) is 11.1 Å². The summed E-state index contributed by atoms with van der Waals surface area (Å²) in [5.41, 5.74) is 1.77. The predicted octanol–water partition coefficient (Wildman–Crippen LogP) is 3.22. The molecule has 1 saturated heterocycles. The van der Waals surface area contributed by atoms with E-state index in [9.17, 15) is 14.7 Å². The second-order valence-corrected chi connectivity index (χ2v) is 6.81. The molecule has 1 fully saturated rings. The molecule has 6 nitrogen and oxygen atoms in total. The van der Waals surface area contributed by atoms with Crippen LogP contribution in [0.1, 0.15) is 33.6 Å². The molecule has 2 aromatic rings. The summed E-state index contributed by atoms with van der Waals surface area (Å²) in [5.74, 6) is -0.758. The van der Waals surface area contributed by atoms with Crippen LogP contribution in [0.25, 0.3) is 11.1 Å². The Kier molecular flexibility index (Phi) is 7.17. The molecule has 1 amide bonds. The maximum atomic E-state index is 12.6. The molecule has 28 heavy (non-hydrogen) atoms.